The quantitative estimate of drug-likeness (QED) is 0.607. The van der Waals surface area contributed by atoms with E-state index in [1.165, 1.54) is 7.11 Å². The van der Waals surface area contributed by atoms with E-state index in [-0.39, 0.29) is 18.6 Å². The Hall–Kier alpha value is -2.17. The van der Waals surface area contributed by atoms with Gasteiger partial charge in [0.25, 0.3) is 5.60 Å². The van der Waals surface area contributed by atoms with Gasteiger partial charge in [0, 0.05) is 19.3 Å². The maximum Gasteiger partial charge on any atom is 0.358 e. The van der Waals surface area contributed by atoms with Gasteiger partial charge >= 0.3 is 5.97 Å². The van der Waals surface area contributed by atoms with Crippen molar-refractivity contribution in [2.75, 3.05) is 7.11 Å². The summed E-state index contributed by atoms with van der Waals surface area (Å²) >= 11 is 0. The van der Waals surface area contributed by atoms with Crippen molar-refractivity contribution in [3.05, 3.63) is 29.8 Å². The molecule has 0 amide bonds. The second-order valence-corrected chi connectivity index (χ2v) is 4.64. The van der Waals surface area contributed by atoms with Gasteiger partial charge in [0.1, 0.15) is 11.5 Å². The molecule has 1 aliphatic rings. The van der Waals surface area contributed by atoms with Crippen molar-refractivity contribution in [3.63, 3.8) is 0 Å². The minimum atomic E-state index is -1.72. The van der Waals surface area contributed by atoms with Crippen LogP contribution in [0.1, 0.15) is 36.5 Å². The van der Waals surface area contributed by atoms with E-state index in [0.29, 0.717) is 17.7 Å². The van der Waals surface area contributed by atoms with Crippen LogP contribution >= 0.6 is 0 Å². The fraction of sp³-hybridized carbons (Fsp3) is 0.400. The number of carbonyl (C=O) groups excluding carboxylic acids is 3. The van der Waals surface area contributed by atoms with Crippen molar-refractivity contribution in [1.29, 1.82) is 0 Å². The van der Waals surface area contributed by atoms with Gasteiger partial charge in [-0.05, 0) is 12.1 Å². The Balaban J connectivity index is 2.34. The molecule has 2 rings (SSSR count). The molecule has 1 aliphatic heterocycles. The predicted octanol–water partition coefficient (Wildman–Crippen LogP) is 1.93. The van der Waals surface area contributed by atoms with Crippen molar-refractivity contribution in [3.8, 4) is 5.75 Å². The lowest BCUT2D eigenvalue weighted by atomic mass is 9.89. The number of carbonyl (C=O) groups is 3. The minimum absolute atomic E-state index is 0.000139. The van der Waals surface area contributed by atoms with Gasteiger partial charge in [0.05, 0.1) is 12.7 Å². The lowest BCUT2D eigenvalue weighted by Gasteiger charge is -2.23. The fourth-order valence-electron chi connectivity index (χ4n) is 2.25. The van der Waals surface area contributed by atoms with Crippen LogP contribution in [0.4, 0.5) is 0 Å². The number of esters is 1. The van der Waals surface area contributed by atoms with Gasteiger partial charge in [0.2, 0.25) is 5.78 Å². The molecule has 106 valence electrons. The Labute approximate surface area is 116 Å². The number of fused-ring (bicyclic) bond motifs is 1. The first-order valence-electron chi connectivity index (χ1n) is 6.48. The van der Waals surface area contributed by atoms with Gasteiger partial charge < -0.3 is 9.47 Å². The highest BCUT2D eigenvalue weighted by Crippen LogP contribution is 2.38. The first-order valence-corrected chi connectivity index (χ1v) is 6.48. The minimum Gasteiger partial charge on any atom is -0.466 e. The fourth-order valence-corrected chi connectivity index (χ4v) is 2.25. The molecule has 0 radical (unpaired) electrons. The zero-order valence-electron chi connectivity index (χ0n) is 11.5. The molecule has 1 heterocycles. The Bertz CT molecular complexity index is 563. The first-order chi connectivity index (χ1) is 9.55. The number of hydrogen-bond acceptors (Lipinski definition) is 5. The molecule has 1 atom stereocenters. The van der Waals surface area contributed by atoms with Gasteiger partial charge in [-0.3, -0.25) is 9.59 Å². The monoisotopic (exact) mass is 276 g/mol. The summed E-state index contributed by atoms with van der Waals surface area (Å²) < 4.78 is 10.3. The highest BCUT2D eigenvalue weighted by atomic mass is 16.6. The third-order valence-electron chi connectivity index (χ3n) is 3.45. The number of Topliss-reactive ketones (excluding diaryl/α,β-unsaturated/α-hetero) is 2. The van der Waals surface area contributed by atoms with Crippen molar-refractivity contribution < 1.29 is 23.9 Å². The van der Waals surface area contributed by atoms with E-state index in [1.807, 2.05) is 0 Å². The summed E-state index contributed by atoms with van der Waals surface area (Å²) in [6.45, 7) is 1.74. The smallest absolute Gasteiger partial charge is 0.358 e. The number of para-hydroxylation sites is 1. The van der Waals surface area contributed by atoms with Crippen LogP contribution in [0.5, 0.6) is 5.75 Å². The van der Waals surface area contributed by atoms with Crippen LogP contribution in [0.2, 0.25) is 0 Å². The molecular formula is C15H16O5. The standard InChI is InChI=1S/C15H16O5/c1-3-10(16)8-9-15(14(18)19-2)13(17)11-6-4-5-7-12(11)20-15/h4-7H,3,8-9H2,1-2H3/t15-/m0/s1. The van der Waals surface area contributed by atoms with Crippen molar-refractivity contribution in [1.82, 2.24) is 0 Å². The molecule has 0 bridgehead atoms. The molecule has 1 aromatic rings. The van der Waals surface area contributed by atoms with Crippen molar-refractivity contribution >= 4 is 17.5 Å². The normalized spacial score (nSPS) is 20.2. The average Bonchev–Trinajstić information content (AvgIpc) is 2.78. The van der Waals surface area contributed by atoms with Crippen molar-refractivity contribution in [2.24, 2.45) is 0 Å². The van der Waals surface area contributed by atoms with Crippen LogP contribution in [0, 0.1) is 0 Å². The van der Waals surface area contributed by atoms with Crippen LogP contribution in [0.3, 0.4) is 0 Å². The lowest BCUT2D eigenvalue weighted by molar-refractivity contribution is -0.154. The van der Waals surface area contributed by atoms with E-state index in [2.05, 4.69) is 0 Å². The molecule has 0 spiro atoms. The zero-order valence-corrected chi connectivity index (χ0v) is 11.5. The molecule has 20 heavy (non-hydrogen) atoms. The van der Waals surface area contributed by atoms with Crippen LogP contribution in [-0.4, -0.2) is 30.2 Å². The van der Waals surface area contributed by atoms with Gasteiger partial charge in [-0.15, -0.1) is 0 Å². The highest BCUT2D eigenvalue weighted by molar-refractivity contribution is 6.19. The predicted molar refractivity (Wildman–Crippen MR) is 70.7 cm³/mol. The second kappa shape index (κ2) is 5.45. The molecule has 5 heteroatoms. The Morgan fingerprint density at radius 1 is 1.30 bits per heavy atom. The number of rotatable bonds is 5. The summed E-state index contributed by atoms with van der Waals surface area (Å²) in [5.74, 6) is -0.876. The van der Waals surface area contributed by atoms with Crippen LogP contribution in [0.25, 0.3) is 0 Å². The van der Waals surface area contributed by atoms with E-state index < -0.39 is 17.4 Å². The van der Waals surface area contributed by atoms with E-state index in [1.54, 1.807) is 31.2 Å². The third-order valence-corrected chi connectivity index (χ3v) is 3.45. The maximum absolute atomic E-state index is 12.5. The van der Waals surface area contributed by atoms with Gasteiger partial charge in [0.15, 0.2) is 0 Å². The number of ether oxygens (including phenoxy) is 2. The molecule has 1 aromatic carbocycles. The van der Waals surface area contributed by atoms with E-state index in [9.17, 15) is 14.4 Å². The summed E-state index contributed by atoms with van der Waals surface area (Å²) in [6, 6.07) is 6.64. The number of methoxy groups -OCH3 is 1. The topological polar surface area (TPSA) is 69.7 Å². The lowest BCUT2D eigenvalue weighted by Crippen LogP contribution is -2.49. The number of benzene rings is 1. The summed E-state index contributed by atoms with van der Waals surface area (Å²) in [7, 11) is 1.20. The average molecular weight is 276 g/mol. The maximum atomic E-state index is 12.5. The molecule has 0 unspecified atom stereocenters. The van der Waals surface area contributed by atoms with Gasteiger partial charge in [-0.25, -0.2) is 4.79 Å². The first kappa shape index (κ1) is 14.2. The van der Waals surface area contributed by atoms with Crippen LogP contribution in [-0.2, 0) is 14.3 Å². The summed E-state index contributed by atoms with van der Waals surface area (Å²) in [5, 5.41) is 0. The molecule has 0 aliphatic carbocycles. The molecule has 0 saturated heterocycles. The van der Waals surface area contributed by atoms with Gasteiger partial charge in [-0.1, -0.05) is 19.1 Å². The Kier molecular flexibility index (Phi) is 3.88. The Morgan fingerprint density at radius 2 is 2.00 bits per heavy atom. The van der Waals surface area contributed by atoms with Gasteiger partial charge in [-0.2, -0.15) is 0 Å². The van der Waals surface area contributed by atoms with Crippen LogP contribution in [0.15, 0.2) is 24.3 Å². The summed E-state index contributed by atoms with van der Waals surface area (Å²) in [5.41, 5.74) is -1.37. The van der Waals surface area contributed by atoms with Crippen molar-refractivity contribution in [2.45, 2.75) is 31.8 Å². The molecular weight excluding hydrogens is 260 g/mol. The molecule has 0 fully saturated rings. The SMILES string of the molecule is CCC(=O)CC[C@]1(C(=O)OC)Oc2ccccc2C1=O. The van der Waals surface area contributed by atoms with Crippen LogP contribution < -0.4 is 4.74 Å². The zero-order chi connectivity index (χ0) is 14.8. The second-order valence-electron chi connectivity index (χ2n) is 4.64. The van der Waals surface area contributed by atoms with E-state index in [0.717, 1.165) is 0 Å². The molecule has 5 nitrogen and oxygen atoms in total. The number of ketones is 2. The summed E-state index contributed by atoms with van der Waals surface area (Å²) in [4.78, 5) is 36.0. The highest BCUT2D eigenvalue weighted by Gasteiger charge is 2.55. The molecule has 0 aromatic heterocycles. The molecule has 0 saturated carbocycles. The summed E-state index contributed by atoms with van der Waals surface area (Å²) in [6.07, 6.45) is 0.462. The van der Waals surface area contributed by atoms with E-state index in [4.69, 9.17) is 9.47 Å². The molecule has 0 N–H and O–H groups in total. The number of hydrogen-bond donors (Lipinski definition) is 0. The largest absolute Gasteiger partial charge is 0.466 e. The Morgan fingerprint density at radius 3 is 2.60 bits per heavy atom. The van der Waals surface area contributed by atoms with E-state index >= 15 is 0 Å². The third kappa shape index (κ3) is 2.19.